The molecule has 0 saturated carbocycles. The van der Waals surface area contributed by atoms with Crippen LogP contribution in [0, 0.1) is 12.3 Å². The van der Waals surface area contributed by atoms with Gasteiger partial charge in [0.1, 0.15) is 0 Å². The summed E-state index contributed by atoms with van der Waals surface area (Å²) in [6, 6.07) is 3.86. The highest BCUT2D eigenvalue weighted by Crippen LogP contribution is 2.13. The summed E-state index contributed by atoms with van der Waals surface area (Å²) in [6.07, 6.45) is 1.75. The topological polar surface area (TPSA) is 42.0 Å². The molecule has 1 amide bonds. The van der Waals surface area contributed by atoms with E-state index in [1.165, 1.54) is 0 Å². The van der Waals surface area contributed by atoms with E-state index in [-0.39, 0.29) is 11.3 Å². The largest absolute Gasteiger partial charge is 0.352 e. The van der Waals surface area contributed by atoms with Crippen molar-refractivity contribution in [3.05, 3.63) is 29.6 Å². The van der Waals surface area contributed by atoms with Gasteiger partial charge in [0.05, 0.1) is 0 Å². The molecule has 82 valence electrons. The van der Waals surface area contributed by atoms with E-state index in [1.54, 1.807) is 6.20 Å². The third-order valence-electron chi connectivity index (χ3n) is 2.24. The second-order valence-corrected chi connectivity index (χ2v) is 4.68. The maximum Gasteiger partial charge on any atom is 0.225 e. The molecule has 3 heteroatoms. The first-order chi connectivity index (χ1) is 6.91. The van der Waals surface area contributed by atoms with Crippen LogP contribution in [0.25, 0.3) is 0 Å². The number of nitrogens with one attached hydrogen (secondary N) is 1. The van der Waals surface area contributed by atoms with Crippen molar-refractivity contribution in [2.45, 2.75) is 34.2 Å². The Hall–Kier alpha value is -1.38. The monoisotopic (exact) mass is 206 g/mol. The van der Waals surface area contributed by atoms with Gasteiger partial charge in [0.2, 0.25) is 5.91 Å². The van der Waals surface area contributed by atoms with E-state index in [1.807, 2.05) is 39.8 Å². The summed E-state index contributed by atoms with van der Waals surface area (Å²) in [4.78, 5) is 15.8. The van der Waals surface area contributed by atoms with Crippen LogP contribution < -0.4 is 5.32 Å². The Kier molecular flexibility index (Phi) is 3.45. The van der Waals surface area contributed by atoms with Crippen LogP contribution in [0.1, 0.15) is 32.0 Å². The molecule has 0 bridgehead atoms. The summed E-state index contributed by atoms with van der Waals surface area (Å²) in [5.74, 6) is 0.0609. The number of pyridine rings is 1. The summed E-state index contributed by atoms with van der Waals surface area (Å²) < 4.78 is 0. The molecule has 0 aliphatic heterocycles. The maximum absolute atomic E-state index is 11.6. The zero-order valence-corrected chi connectivity index (χ0v) is 9.79. The van der Waals surface area contributed by atoms with Gasteiger partial charge in [0.25, 0.3) is 0 Å². The van der Waals surface area contributed by atoms with Gasteiger partial charge in [-0.25, -0.2) is 0 Å². The van der Waals surface area contributed by atoms with Crippen molar-refractivity contribution < 1.29 is 4.79 Å². The molecule has 0 fully saturated rings. The van der Waals surface area contributed by atoms with E-state index >= 15 is 0 Å². The lowest BCUT2D eigenvalue weighted by molar-refractivity contribution is -0.128. The Balaban J connectivity index is 2.59. The molecule has 3 nitrogen and oxygen atoms in total. The van der Waals surface area contributed by atoms with Crippen LogP contribution in [0.15, 0.2) is 18.3 Å². The van der Waals surface area contributed by atoms with Crippen molar-refractivity contribution in [2.24, 2.45) is 5.41 Å². The van der Waals surface area contributed by atoms with Crippen LogP contribution in [0.3, 0.4) is 0 Å². The maximum atomic E-state index is 11.6. The third kappa shape index (κ3) is 3.35. The van der Waals surface area contributed by atoms with E-state index < -0.39 is 0 Å². The molecule has 1 aromatic rings. The fraction of sp³-hybridized carbons (Fsp3) is 0.500. The summed E-state index contributed by atoms with van der Waals surface area (Å²) in [5.41, 5.74) is 1.69. The highest BCUT2D eigenvalue weighted by molar-refractivity contribution is 5.81. The van der Waals surface area contributed by atoms with Crippen molar-refractivity contribution in [1.82, 2.24) is 10.3 Å². The van der Waals surface area contributed by atoms with E-state index in [0.717, 1.165) is 11.3 Å². The molecule has 0 unspecified atom stereocenters. The molecule has 1 heterocycles. The summed E-state index contributed by atoms with van der Waals surface area (Å²) in [6.45, 7) is 8.20. The average molecular weight is 206 g/mol. The van der Waals surface area contributed by atoms with E-state index in [9.17, 15) is 4.79 Å². The van der Waals surface area contributed by atoms with Crippen molar-refractivity contribution in [2.75, 3.05) is 0 Å². The molecular weight excluding hydrogens is 188 g/mol. The molecule has 1 N–H and O–H groups in total. The van der Waals surface area contributed by atoms with Crippen LogP contribution in [0.4, 0.5) is 0 Å². The molecule has 15 heavy (non-hydrogen) atoms. The fourth-order valence-electron chi connectivity index (χ4n) is 1.15. The molecule has 0 radical (unpaired) electrons. The van der Waals surface area contributed by atoms with Gasteiger partial charge in [-0.15, -0.1) is 0 Å². The number of nitrogens with zero attached hydrogens (tertiary/aromatic N) is 1. The number of rotatable bonds is 2. The number of aromatic nitrogens is 1. The smallest absolute Gasteiger partial charge is 0.225 e. The van der Waals surface area contributed by atoms with Gasteiger partial charge >= 0.3 is 0 Å². The number of amides is 1. The lowest BCUT2D eigenvalue weighted by Crippen LogP contribution is -2.34. The number of aryl methyl sites for hydroxylation is 1. The predicted octanol–water partition coefficient (Wildman–Crippen LogP) is 2.05. The minimum atomic E-state index is -0.337. The Bertz CT molecular complexity index is 353. The van der Waals surface area contributed by atoms with E-state index in [0.29, 0.717) is 6.54 Å². The first kappa shape index (κ1) is 11.7. The summed E-state index contributed by atoms with van der Waals surface area (Å²) in [5, 5.41) is 2.90. The minimum absolute atomic E-state index is 0.0609. The van der Waals surface area contributed by atoms with Crippen LogP contribution >= 0.6 is 0 Å². The Morgan fingerprint density at radius 2 is 2.13 bits per heavy atom. The first-order valence-corrected chi connectivity index (χ1v) is 5.10. The average Bonchev–Trinajstić information content (AvgIpc) is 2.14. The summed E-state index contributed by atoms with van der Waals surface area (Å²) in [7, 11) is 0. The van der Waals surface area contributed by atoms with Gasteiger partial charge < -0.3 is 5.32 Å². The van der Waals surface area contributed by atoms with Crippen LogP contribution in [0.2, 0.25) is 0 Å². The van der Waals surface area contributed by atoms with E-state index in [4.69, 9.17) is 0 Å². The minimum Gasteiger partial charge on any atom is -0.352 e. The molecule has 0 atom stereocenters. The Labute approximate surface area is 90.9 Å². The molecule has 1 aromatic heterocycles. The number of hydrogen-bond acceptors (Lipinski definition) is 2. The van der Waals surface area contributed by atoms with Gasteiger partial charge in [-0.05, 0) is 18.6 Å². The van der Waals surface area contributed by atoms with Crippen LogP contribution in [-0.2, 0) is 11.3 Å². The first-order valence-electron chi connectivity index (χ1n) is 5.10. The number of carbonyl (C=O) groups is 1. The zero-order valence-electron chi connectivity index (χ0n) is 9.79. The lowest BCUT2D eigenvalue weighted by atomic mass is 9.95. The zero-order chi connectivity index (χ0) is 11.5. The third-order valence-corrected chi connectivity index (χ3v) is 2.24. The molecule has 0 aromatic carbocycles. The number of hydrogen-bond donors (Lipinski definition) is 1. The second kappa shape index (κ2) is 4.43. The van der Waals surface area contributed by atoms with Crippen LogP contribution in [-0.4, -0.2) is 10.9 Å². The standard InChI is InChI=1S/C12H18N2O/c1-9-10(6-5-7-13-9)8-14-11(15)12(2,3)4/h5-7H,8H2,1-4H3,(H,14,15). The highest BCUT2D eigenvalue weighted by atomic mass is 16.2. The van der Waals surface area contributed by atoms with Crippen molar-refractivity contribution in [3.8, 4) is 0 Å². The second-order valence-electron chi connectivity index (χ2n) is 4.68. The van der Waals surface area contributed by atoms with Crippen molar-refractivity contribution >= 4 is 5.91 Å². The summed E-state index contributed by atoms with van der Waals surface area (Å²) >= 11 is 0. The Morgan fingerprint density at radius 3 is 2.67 bits per heavy atom. The molecule has 0 aliphatic rings. The quantitative estimate of drug-likeness (QED) is 0.804. The predicted molar refractivity (Wildman–Crippen MR) is 60.3 cm³/mol. The molecule has 0 saturated heterocycles. The van der Waals surface area contributed by atoms with Gasteiger partial charge in [0, 0.05) is 23.9 Å². The normalized spacial score (nSPS) is 11.2. The van der Waals surface area contributed by atoms with Crippen molar-refractivity contribution in [3.63, 3.8) is 0 Å². The van der Waals surface area contributed by atoms with Gasteiger partial charge in [0.15, 0.2) is 0 Å². The van der Waals surface area contributed by atoms with E-state index in [2.05, 4.69) is 10.3 Å². The Morgan fingerprint density at radius 1 is 1.47 bits per heavy atom. The molecule has 0 spiro atoms. The molecule has 0 aliphatic carbocycles. The highest BCUT2D eigenvalue weighted by Gasteiger charge is 2.20. The van der Waals surface area contributed by atoms with Gasteiger partial charge in [-0.1, -0.05) is 26.8 Å². The van der Waals surface area contributed by atoms with Crippen molar-refractivity contribution in [1.29, 1.82) is 0 Å². The number of carbonyl (C=O) groups excluding carboxylic acids is 1. The van der Waals surface area contributed by atoms with Gasteiger partial charge in [-0.3, -0.25) is 9.78 Å². The fourth-order valence-corrected chi connectivity index (χ4v) is 1.15. The van der Waals surface area contributed by atoms with Crippen LogP contribution in [0.5, 0.6) is 0 Å². The SMILES string of the molecule is Cc1ncccc1CNC(=O)C(C)(C)C. The molecular formula is C12H18N2O. The lowest BCUT2D eigenvalue weighted by Gasteiger charge is -2.17. The molecule has 1 rings (SSSR count). The van der Waals surface area contributed by atoms with Gasteiger partial charge in [-0.2, -0.15) is 0 Å².